The monoisotopic (exact) mass is 226 g/mol. The number of nitrogens with one attached hydrogen (secondary N) is 1. The van der Waals surface area contributed by atoms with E-state index in [0.717, 1.165) is 19.5 Å². The van der Waals surface area contributed by atoms with Crippen molar-refractivity contribution in [3.8, 4) is 12.3 Å². The number of quaternary nitrogens is 1. The largest absolute Gasteiger partial charge is 0.317 e. The second-order valence-corrected chi connectivity index (χ2v) is 5.17. The quantitative estimate of drug-likeness (QED) is 0.733. The van der Waals surface area contributed by atoms with Crippen LogP contribution in [0.25, 0.3) is 5.57 Å². The Morgan fingerprint density at radius 2 is 1.94 bits per heavy atom. The van der Waals surface area contributed by atoms with Gasteiger partial charge in [0, 0.05) is 20.3 Å². The zero-order valence-electron chi connectivity index (χ0n) is 10.7. The molecule has 88 valence electrons. The summed E-state index contributed by atoms with van der Waals surface area (Å²) < 4.78 is 0. The van der Waals surface area contributed by atoms with Crippen molar-refractivity contribution in [2.45, 2.75) is 25.8 Å². The van der Waals surface area contributed by atoms with Crippen LogP contribution < -0.4 is 4.90 Å². The molecule has 0 saturated carbocycles. The molecule has 0 aromatic heterocycles. The maximum absolute atomic E-state index is 5.59. The average molecular weight is 226 g/mol. The second kappa shape index (κ2) is 4.77. The third kappa shape index (κ3) is 2.60. The van der Waals surface area contributed by atoms with E-state index in [1.54, 1.807) is 0 Å². The van der Waals surface area contributed by atoms with Gasteiger partial charge in [-0.2, -0.15) is 0 Å². The lowest BCUT2D eigenvalue weighted by Gasteiger charge is -2.33. The van der Waals surface area contributed by atoms with E-state index < -0.39 is 0 Å². The van der Waals surface area contributed by atoms with Crippen molar-refractivity contribution in [3.05, 3.63) is 42.0 Å². The van der Waals surface area contributed by atoms with Crippen LogP contribution in [0.4, 0.5) is 0 Å². The first kappa shape index (κ1) is 12.0. The maximum Gasteiger partial charge on any atom is 0.153 e. The molecule has 17 heavy (non-hydrogen) atoms. The molecule has 0 aliphatic carbocycles. The fourth-order valence-corrected chi connectivity index (χ4v) is 2.32. The van der Waals surface area contributed by atoms with Gasteiger partial charge in [0.15, 0.2) is 5.54 Å². The van der Waals surface area contributed by atoms with Crippen LogP contribution in [0.15, 0.2) is 36.4 Å². The summed E-state index contributed by atoms with van der Waals surface area (Å²) >= 11 is 0. The van der Waals surface area contributed by atoms with Gasteiger partial charge in [-0.25, -0.2) is 0 Å². The predicted octanol–water partition coefficient (Wildman–Crippen LogP) is 1.77. The highest BCUT2D eigenvalue weighted by atomic mass is 15.2. The molecule has 2 rings (SSSR count). The minimum absolute atomic E-state index is 0.0568. The highest BCUT2D eigenvalue weighted by Gasteiger charge is 2.29. The Balaban J connectivity index is 2.12. The predicted molar refractivity (Wildman–Crippen MR) is 72.6 cm³/mol. The van der Waals surface area contributed by atoms with Gasteiger partial charge >= 0.3 is 0 Å². The van der Waals surface area contributed by atoms with E-state index in [2.05, 4.69) is 56.2 Å². The summed E-state index contributed by atoms with van der Waals surface area (Å²) in [5.41, 5.74) is 2.76. The maximum atomic E-state index is 5.59. The first-order valence-corrected chi connectivity index (χ1v) is 6.21. The standard InChI is InChI=1S/C16H19N/c1-4-16(2,3)17-12-10-15(11-13-17)14-8-6-5-7-9-14/h1,5-10H,11-13H2,2-3H3/p+1. The summed E-state index contributed by atoms with van der Waals surface area (Å²) in [6.07, 6.45) is 9.05. The van der Waals surface area contributed by atoms with Crippen LogP contribution in [0.1, 0.15) is 25.8 Å². The van der Waals surface area contributed by atoms with Crippen LogP contribution in [0, 0.1) is 12.3 Å². The van der Waals surface area contributed by atoms with Gasteiger partial charge in [-0.05, 0) is 23.1 Å². The fraction of sp³-hybridized carbons (Fsp3) is 0.375. The van der Waals surface area contributed by atoms with Crippen LogP contribution in [0.5, 0.6) is 0 Å². The molecule has 1 unspecified atom stereocenters. The van der Waals surface area contributed by atoms with Gasteiger partial charge in [-0.15, -0.1) is 6.42 Å². The number of benzene rings is 1. The van der Waals surface area contributed by atoms with Crippen LogP contribution in [-0.4, -0.2) is 18.6 Å². The number of terminal acetylenes is 1. The number of hydrogen-bond acceptors (Lipinski definition) is 0. The lowest BCUT2D eigenvalue weighted by atomic mass is 9.95. The molecular formula is C16H20N+. The highest BCUT2D eigenvalue weighted by molar-refractivity contribution is 5.65. The molecule has 0 saturated heterocycles. The highest BCUT2D eigenvalue weighted by Crippen LogP contribution is 2.18. The summed E-state index contributed by atoms with van der Waals surface area (Å²) in [5, 5.41) is 0. The first-order valence-electron chi connectivity index (χ1n) is 6.21. The first-order chi connectivity index (χ1) is 8.13. The Bertz CT molecular complexity index is 448. The Labute approximate surface area is 104 Å². The van der Waals surface area contributed by atoms with E-state index in [1.807, 2.05) is 0 Å². The summed E-state index contributed by atoms with van der Waals surface area (Å²) in [5.74, 6) is 2.90. The van der Waals surface area contributed by atoms with Gasteiger partial charge in [0.25, 0.3) is 0 Å². The zero-order chi connectivity index (χ0) is 12.3. The van der Waals surface area contributed by atoms with Crippen LogP contribution in [0.2, 0.25) is 0 Å². The van der Waals surface area contributed by atoms with Crippen molar-refractivity contribution >= 4 is 5.57 Å². The van der Waals surface area contributed by atoms with E-state index in [1.165, 1.54) is 16.0 Å². The van der Waals surface area contributed by atoms with Crippen molar-refractivity contribution in [1.29, 1.82) is 0 Å². The van der Waals surface area contributed by atoms with Gasteiger partial charge < -0.3 is 4.90 Å². The van der Waals surface area contributed by atoms with Crippen LogP contribution in [-0.2, 0) is 0 Å². The van der Waals surface area contributed by atoms with Crippen LogP contribution in [0.3, 0.4) is 0 Å². The Kier molecular flexibility index (Phi) is 3.36. The molecule has 1 atom stereocenters. The molecule has 1 N–H and O–H groups in total. The van der Waals surface area contributed by atoms with Gasteiger partial charge in [-0.3, -0.25) is 0 Å². The van der Waals surface area contributed by atoms with Crippen LogP contribution >= 0.6 is 0 Å². The molecule has 1 aromatic carbocycles. The molecule has 1 aliphatic heterocycles. The average Bonchev–Trinajstić information content (AvgIpc) is 2.40. The molecular weight excluding hydrogens is 206 g/mol. The van der Waals surface area contributed by atoms with Crippen molar-refractivity contribution in [1.82, 2.24) is 0 Å². The second-order valence-electron chi connectivity index (χ2n) is 5.17. The molecule has 0 radical (unpaired) electrons. The van der Waals surface area contributed by atoms with Gasteiger partial charge in [0.1, 0.15) is 0 Å². The molecule has 0 amide bonds. The summed E-state index contributed by atoms with van der Waals surface area (Å²) in [4.78, 5) is 1.49. The number of rotatable bonds is 2. The van der Waals surface area contributed by atoms with E-state index in [0.29, 0.717) is 0 Å². The molecule has 1 heterocycles. The third-order valence-electron chi connectivity index (χ3n) is 3.68. The zero-order valence-corrected chi connectivity index (χ0v) is 10.7. The van der Waals surface area contributed by atoms with Gasteiger partial charge in [0.05, 0.1) is 13.1 Å². The molecule has 0 fully saturated rings. The summed E-state index contributed by atoms with van der Waals surface area (Å²) in [6, 6.07) is 10.6. The molecule has 1 aromatic rings. The SMILES string of the molecule is C#CC(C)(C)[NH+]1CC=C(c2ccccc2)CC1. The normalized spacial score (nSPS) is 20.5. The van der Waals surface area contributed by atoms with E-state index >= 15 is 0 Å². The molecule has 0 spiro atoms. The van der Waals surface area contributed by atoms with Crippen molar-refractivity contribution in [3.63, 3.8) is 0 Å². The van der Waals surface area contributed by atoms with Gasteiger partial charge in [0.2, 0.25) is 0 Å². The topological polar surface area (TPSA) is 4.44 Å². The van der Waals surface area contributed by atoms with Crippen molar-refractivity contribution < 1.29 is 4.90 Å². The van der Waals surface area contributed by atoms with Crippen molar-refractivity contribution in [2.75, 3.05) is 13.1 Å². The number of hydrogen-bond donors (Lipinski definition) is 1. The molecule has 1 nitrogen and oxygen atoms in total. The third-order valence-corrected chi connectivity index (χ3v) is 3.68. The Hall–Kier alpha value is -1.52. The molecule has 1 heteroatoms. The fourth-order valence-electron chi connectivity index (χ4n) is 2.32. The smallest absolute Gasteiger partial charge is 0.153 e. The lowest BCUT2D eigenvalue weighted by molar-refractivity contribution is -0.934. The van der Waals surface area contributed by atoms with E-state index in [-0.39, 0.29) is 5.54 Å². The minimum Gasteiger partial charge on any atom is -0.317 e. The summed E-state index contributed by atoms with van der Waals surface area (Å²) in [7, 11) is 0. The van der Waals surface area contributed by atoms with E-state index in [9.17, 15) is 0 Å². The molecule has 1 aliphatic rings. The Morgan fingerprint density at radius 3 is 2.47 bits per heavy atom. The summed E-state index contributed by atoms with van der Waals surface area (Å²) in [6.45, 7) is 6.44. The Morgan fingerprint density at radius 1 is 1.24 bits per heavy atom. The van der Waals surface area contributed by atoms with Crippen molar-refractivity contribution in [2.24, 2.45) is 0 Å². The molecule has 0 bridgehead atoms. The van der Waals surface area contributed by atoms with E-state index in [4.69, 9.17) is 6.42 Å². The van der Waals surface area contributed by atoms with Gasteiger partial charge in [-0.1, -0.05) is 30.3 Å². The minimum atomic E-state index is -0.0568. The lowest BCUT2D eigenvalue weighted by Crippen LogP contribution is -3.19.